The third-order valence-electron chi connectivity index (χ3n) is 4.94. The van der Waals surface area contributed by atoms with E-state index < -0.39 is 17.8 Å². The molecule has 25 heavy (non-hydrogen) atoms. The minimum absolute atomic E-state index is 0.0813. The second-order valence-electron chi connectivity index (χ2n) is 6.70. The number of amides is 1. The largest absolute Gasteiger partial charge is 0.481 e. The molecular formula is C20H23NO4. The molecule has 0 radical (unpaired) electrons. The Bertz CT molecular complexity index is 721. The number of aliphatic carboxylic acids is 1. The molecule has 2 atom stereocenters. The van der Waals surface area contributed by atoms with Gasteiger partial charge in [0.05, 0.1) is 24.6 Å². The summed E-state index contributed by atoms with van der Waals surface area (Å²) in [5, 5.41) is 9.24. The highest BCUT2D eigenvalue weighted by molar-refractivity contribution is 5.86. The van der Waals surface area contributed by atoms with E-state index in [1.54, 1.807) is 17.2 Å². The highest BCUT2D eigenvalue weighted by atomic mass is 16.4. The Morgan fingerprint density at radius 3 is 2.44 bits per heavy atom. The van der Waals surface area contributed by atoms with Gasteiger partial charge in [-0.3, -0.25) is 9.59 Å². The van der Waals surface area contributed by atoms with Crippen molar-refractivity contribution in [1.82, 2.24) is 4.90 Å². The lowest BCUT2D eigenvalue weighted by molar-refractivity contribution is -0.157. The average molecular weight is 341 g/mol. The van der Waals surface area contributed by atoms with Crippen molar-refractivity contribution in [3.8, 4) is 0 Å². The predicted molar refractivity (Wildman–Crippen MR) is 92.9 cm³/mol. The third kappa shape index (κ3) is 4.10. The fourth-order valence-corrected chi connectivity index (χ4v) is 3.20. The van der Waals surface area contributed by atoms with Crippen LogP contribution < -0.4 is 0 Å². The van der Waals surface area contributed by atoms with Crippen LogP contribution in [0.3, 0.4) is 0 Å². The maximum Gasteiger partial charge on any atom is 0.307 e. The van der Waals surface area contributed by atoms with Gasteiger partial charge in [-0.25, -0.2) is 0 Å². The molecular weight excluding hydrogens is 318 g/mol. The van der Waals surface area contributed by atoms with Gasteiger partial charge < -0.3 is 14.4 Å². The molecule has 1 aromatic heterocycles. The first-order chi connectivity index (χ1) is 12.0. The molecule has 1 aliphatic carbocycles. The third-order valence-corrected chi connectivity index (χ3v) is 4.94. The highest BCUT2D eigenvalue weighted by Crippen LogP contribution is 2.36. The Hall–Kier alpha value is -2.56. The second-order valence-corrected chi connectivity index (χ2v) is 6.70. The smallest absolute Gasteiger partial charge is 0.307 e. The molecule has 1 amide bonds. The van der Waals surface area contributed by atoms with Crippen molar-refractivity contribution in [3.05, 3.63) is 59.5 Å². The van der Waals surface area contributed by atoms with E-state index in [0.29, 0.717) is 31.7 Å². The van der Waals surface area contributed by atoms with Crippen LogP contribution >= 0.6 is 0 Å². The maximum absolute atomic E-state index is 12.9. The van der Waals surface area contributed by atoms with E-state index in [2.05, 4.69) is 24.3 Å². The van der Waals surface area contributed by atoms with Gasteiger partial charge in [0.2, 0.25) is 5.91 Å². The van der Waals surface area contributed by atoms with E-state index in [1.807, 2.05) is 13.0 Å². The molecule has 5 nitrogen and oxygen atoms in total. The first kappa shape index (κ1) is 17.3. The Morgan fingerprint density at radius 2 is 1.88 bits per heavy atom. The number of benzene rings is 1. The summed E-state index contributed by atoms with van der Waals surface area (Å²) in [6.07, 6.45) is 3.55. The van der Waals surface area contributed by atoms with Crippen LogP contribution in [0.2, 0.25) is 0 Å². The van der Waals surface area contributed by atoms with Crippen LogP contribution in [0.5, 0.6) is 0 Å². The molecule has 1 N–H and O–H groups in total. The standard InChI is InChI=1S/C20H23NO4/c1-14-4-6-15(7-5-14)10-11-21(13-16-3-2-12-25-16)19(22)17-8-9-18(17)20(23)24/h2-7,12,17-18H,8-11,13H2,1H3,(H,23,24). The van der Waals surface area contributed by atoms with Gasteiger partial charge in [0.15, 0.2) is 0 Å². The summed E-state index contributed by atoms with van der Waals surface area (Å²) in [5.41, 5.74) is 2.36. The Kier molecular flexibility index (Phi) is 5.22. The molecule has 1 fully saturated rings. The van der Waals surface area contributed by atoms with E-state index in [-0.39, 0.29) is 5.91 Å². The number of aryl methyl sites for hydroxylation is 1. The molecule has 1 aliphatic rings. The zero-order chi connectivity index (χ0) is 17.8. The summed E-state index contributed by atoms with van der Waals surface area (Å²) in [5.74, 6) is -1.21. The van der Waals surface area contributed by atoms with Crippen molar-refractivity contribution in [2.24, 2.45) is 11.8 Å². The van der Waals surface area contributed by atoms with Crippen molar-refractivity contribution in [2.75, 3.05) is 6.54 Å². The van der Waals surface area contributed by atoms with E-state index in [9.17, 15) is 14.7 Å². The van der Waals surface area contributed by atoms with Gasteiger partial charge in [-0.15, -0.1) is 0 Å². The topological polar surface area (TPSA) is 70.8 Å². The highest BCUT2D eigenvalue weighted by Gasteiger charge is 2.43. The lowest BCUT2D eigenvalue weighted by Crippen LogP contribution is -2.46. The van der Waals surface area contributed by atoms with E-state index in [0.717, 1.165) is 12.0 Å². The summed E-state index contributed by atoms with van der Waals surface area (Å²) < 4.78 is 5.38. The fourth-order valence-electron chi connectivity index (χ4n) is 3.20. The molecule has 3 rings (SSSR count). The number of furan rings is 1. The molecule has 1 aromatic carbocycles. The maximum atomic E-state index is 12.9. The van der Waals surface area contributed by atoms with E-state index in [4.69, 9.17) is 4.42 Å². The number of carbonyl (C=O) groups excluding carboxylic acids is 1. The van der Waals surface area contributed by atoms with Crippen LogP contribution in [-0.2, 0) is 22.6 Å². The van der Waals surface area contributed by atoms with E-state index >= 15 is 0 Å². The Morgan fingerprint density at radius 1 is 1.16 bits per heavy atom. The number of carboxylic acids is 1. The molecule has 0 aliphatic heterocycles. The van der Waals surface area contributed by atoms with Crippen LogP contribution in [0, 0.1) is 18.8 Å². The molecule has 5 heteroatoms. The van der Waals surface area contributed by atoms with Crippen LogP contribution in [-0.4, -0.2) is 28.4 Å². The zero-order valence-electron chi connectivity index (χ0n) is 14.4. The summed E-state index contributed by atoms with van der Waals surface area (Å²) in [6, 6.07) is 11.9. The van der Waals surface area contributed by atoms with Gasteiger partial charge in [-0.1, -0.05) is 29.8 Å². The first-order valence-corrected chi connectivity index (χ1v) is 8.64. The number of rotatable bonds is 7. The summed E-state index contributed by atoms with van der Waals surface area (Å²) in [7, 11) is 0. The molecule has 2 aromatic rings. The van der Waals surface area contributed by atoms with E-state index in [1.165, 1.54) is 5.56 Å². The van der Waals surface area contributed by atoms with Gasteiger partial charge in [0, 0.05) is 6.54 Å². The van der Waals surface area contributed by atoms with Gasteiger partial charge in [0.25, 0.3) is 0 Å². The number of nitrogens with zero attached hydrogens (tertiary/aromatic N) is 1. The van der Waals surface area contributed by atoms with Crippen molar-refractivity contribution in [1.29, 1.82) is 0 Å². The van der Waals surface area contributed by atoms with Gasteiger partial charge in [0.1, 0.15) is 5.76 Å². The minimum atomic E-state index is -0.874. The molecule has 1 saturated carbocycles. The van der Waals surface area contributed by atoms with Crippen LogP contribution in [0.15, 0.2) is 47.1 Å². The molecule has 132 valence electrons. The van der Waals surface area contributed by atoms with Gasteiger partial charge >= 0.3 is 5.97 Å². The SMILES string of the molecule is Cc1ccc(CCN(Cc2ccco2)C(=O)C2CCC2C(=O)O)cc1. The van der Waals surface area contributed by atoms with Crippen molar-refractivity contribution in [2.45, 2.75) is 32.7 Å². The van der Waals surface area contributed by atoms with Crippen LogP contribution in [0.25, 0.3) is 0 Å². The Labute approximate surface area is 147 Å². The zero-order valence-corrected chi connectivity index (χ0v) is 14.4. The summed E-state index contributed by atoms with van der Waals surface area (Å²) >= 11 is 0. The van der Waals surface area contributed by atoms with Crippen molar-refractivity contribution >= 4 is 11.9 Å². The second kappa shape index (κ2) is 7.55. The molecule has 0 saturated heterocycles. The van der Waals surface area contributed by atoms with Gasteiger partial charge in [-0.2, -0.15) is 0 Å². The predicted octanol–water partition coefficient (Wildman–Crippen LogP) is 3.27. The van der Waals surface area contributed by atoms with Gasteiger partial charge in [-0.05, 0) is 43.9 Å². The van der Waals surface area contributed by atoms with Crippen molar-refractivity contribution in [3.63, 3.8) is 0 Å². The van der Waals surface area contributed by atoms with Crippen LogP contribution in [0.4, 0.5) is 0 Å². The molecule has 0 bridgehead atoms. The number of hydrogen-bond donors (Lipinski definition) is 1. The lowest BCUT2D eigenvalue weighted by atomic mass is 9.73. The molecule has 2 unspecified atom stereocenters. The molecule has 0 spiro atoms. The quantitative estimate of drug-likeness (QED) is 0.839. The number of carboxylic acid groups (broad SMARTS) is 1. The number of carbonyl (C=O) groups is 2. The Balaban J connectivity index is 1.69. The summed E-state index contributed by atoms with van der Waals surface area (Å²) in [6.45, 7) is 2.96. The minimum Gasteiger partial charge on any atom is -0.481 e. The molecule has 1 heterocycles. The fraction of sp³-hybridized carbons (Fsp3) is 0.400. The summed E-state index contributed by atoms with van der Waals surface area (Å²) in [4.78, 5) is 25.9. The monoisotopic (exact) mass is 341 g/mol. The lowest BCUT2D eigenvalue weighted by Gasteiger charge is -2.36. The number of hydrogen-bond acceptors (Lipinski definition) is 3. The van der Waals surface area contributed by atoms with Crippen molar-refractivity contribution < 1.29 is 19.1 Å². The normalized spacial score (nSPS) is 19.2. The average Bonchev–Trinajstić information content (AvgIpc) is 3.04. The van der Waals surface area contributed by atoms with Crippen LogP contribution in [0.1, 0.15) is 29.7 Å². The first-order valence-electron chi connectivity index (χ1n) is 8.64.